The fourth-order valence-corrected chi connectivity index (χ4v) is 4.27. The SMILES string of the molecule is COc1c(C)cccc1CN1CCC(c2cc(N(C)C)nc(-c3cccnc3)n2)CC1. The molecule has 6 nitrogen and oxygen atoms in total. The van der Waals surface area contributed by atoms with Crippen LogP contribution in [0.2, 0.25) is 0 Å². The van der Waals surface area contributed by atoms with Crippen LogP contribution in [-0.4, -0.2) is 54.1 Å². The number of piperidine rings is 1. The lowest BCUT2D eigenvalue weighted by Crippen LogP contribution is -2.33. The molecule has 1 saturated heterocycles. The lowest BCUT2D eigenvalue weighted by Gasteiger charge is -2.32. The predicted octanol–water partition coefficient (Wildman–Crippen LogP) is 4.30. The molecule has 0 N–H and O–H groups in total. The van der Waals surface area contributed by atoms with E-state index in [1.54, 1.807) is 13.3 Å². The highest BCUT2D eigenvalue weighted by Crippen LogP contribution is 2.32. The molecule has 0 atom stereocenters. The van der Waals surface area contributed by atoms with Crippen LogP contribution in [0.15, 0.2) is 48.8 Å². The number of para-hydroxylation sites is 1. The van der Waals surface area contributed by atoms with E-state index in [1.807, 2.05) is 37.3 Å². The number of aryl methyl sites for hydroxylation is 1. The van der Waals surface area contributed by atoms with Gasteiger partial charge in [0.1, 0.15) is 11.6 Å². The Bertz CT molecular complexity index is 1010. The maximum Gasteiger partial charge on any atom is 0.163 e. The second-order valence-corrected chi connectivity index (χ2v) is 8.43. The van der Waals surface area contributed by atoms with Gasteiger partial charge in [-0.2, -0.15) is 0 Å². The minimum atomic E-state index is 0.438. The number of ether oxygens (including phenoxy) is 1. The fourth-order valence-electron chi connectivity index (χ4n) is 4.27. The van der Waals surface area contributed by atoms with Crippen LogP contribution in [0.5, 0.6) is 5.75 Å². The number of aromatic nitrogens is 3. The Morgan fingerprint density at radius 3 is 2.58 bits per heavy atom. The highest BCUT2D eigenvalue weighted by atomic mass is 16.5. The quantitative estimate of drug-likeness (QED) is 0.596. The van der Waals surface area contributed by atoms with Crippen LogP contribution >= 0.6 is 0 Å². The average molecular weight is 418 g/mol. The highest BCUT2D eigenvalue weighted by molar-refractivity contribution is 5.56. The zero-order valence-corrected chi connectivity index (χ0v) is 18.9. The molecule has 0 unspecified atom stereocenters. The zero-order valence-electron chi connectivity index (χ0n) is 18.9. The van der Waals surface area contributed by atoms with E-state index in [1.165, 1.54) is 11.1 Å². The van der Waals surface area contributed by atoms with E-state index < -0.39 is 0 Å². The van der Waals surface area contributed by atoms with Crippen molar-refractivity contribution >= 4 is 5.82 Å². The van der Waals surface area contributed by atoms with E-state index in [0.29, 0.717) is 5.92 Å². The van der Waals surface area contributed by atoms with Gasteiger partial charge in [0.2, 0.25) is 0 Å². The average Bonchev–Trinajstić information content (AvgIpc) is 2.80. The molecule has 0 bridgehead atoms. The van der Waals surface area contributed by atoms with E-state index in [4.69, 9.17) is 14.7 Å². The highest BCUT2D eigenvalue weighted by Gasteiger charge is 2.24. The number of anilines is 1. The number of hydrogen-bond donors (Lipinski definition) is 0. The normalized spacial score (nSPS) is 15.1. The molecular weight excluding hydrogens is 386 g/mol. The molecule has 31 heavy (non-hydrogen) atoms. The fraction of sp³-hybridized carbons (Fsp3) is 0.400. The molecule has 1 aromatic carbocycles. The lowest BCUT2D eigenvalue weighted by atomic mass is 9.92. The minimum Gasteiger partial charge on any atom is -0.496 e. The first-order chi connectivity index (χ1) is 15.0. The minimum absolute atomic E-state index is 0.438. The molecule has 2 aromatic heterocycles. The number of methoxy groups -OCH3 is 1. The van der Waals surface area contributed by atoms with Crippen molar-refractivity contribution in [3.63, 3.8) is 0 Å². The monoisotopic (exact) mass is 417 g/mol. The third kappa shape index (κ3) is 4.85. The van der Waals surface area contributed by atoms with Gasteiger partial charge >= 0.3 is 0 Å². The van der Waals surface area contributed by atoms with Crippen molar-refractivity contribution in [3.05, 3.63) is 65.6 Å². The molecule has 0 radical (unpaired) electrons. The second kappa shape index (κ2) is 9.43. The topological polar surface area (TPSA) is 54.4 Å². The van der Waals surface area contributed by atoms with Crippen LogP contribution in [0.3, 0.4) is 0 Å². The Morgan fingerprint density at radius 2 is 1.90 bits per heavy atom. The lowest BCUT2D eigenvalue weighted by molar-refractivity contribution is 0.201. The first kappa shape index (κ1) is 21.2. The first-order valence-electron chi connectivity index (χ1n) is 10.9. The third-order valence-electron chi connectivity index (χ3n) is 6.01. The summed E-state index contributed by atoms with van der Waals surface area (Å²) in [6, 6.07) is 12.5. The Hall–Kier alpha value is -2.99. The molecule has 0 spiro atoms. The number of rotatable bonds is 6. The molecule has 0 aliphatic carbocycles. The van der Waals surface area contributed by atoms with Crippen molar-refractivity contribution in [2.75, 3.05) is 39.2 Å². The summed E-state index contributed by atoms with van der Waals surface area (Å²) in [4.78, 5) is 18.5. The van der Waals surface area contributed by atoms with Gasteiger partial charge in [0, 0.05) is 61.8 Å². The van der Waals surface area contributed by atoms with Crippen LogP contribution < -0.4 is 9.64 Å². The molecule has 6 heteroatoms. The van der Waals surface area contributed by atoms with Crippen LogP contribution in [0, 0.1) is 6.92 Å². The van der Waals surface area contributed by atoms with Crippen molar-refractivity contribution in [3.8, 4) is 17.1 Å². The Labute approximate surface area is 184 Å². The molecule has 3 aromatic rings. The maximum atomic E-state index is 5.65. The van der Waals surface area contributed by atoms with E-state index >= 15 is 0 Å². The summed E-state index contributed by atoms with van der Waals surface area (Å²) in [5.41, 5.74) is 4.54. The molecule has 3 heterocycles. The summed E-state index contributed by atoms with van der Waals surface area (Å²) in [5, 5.41) is 0. The van der Waals surface area contributed by atoms with Gasteiger partial charge < -0.3 is 9.64 Å². The summed E-state index contributed by atoms with van der Waals surface area (Å²) < 4.78 is 5.65. The van der Waals surface area contributed by atoms with E-state index in [0.717, 1.165) is 61.1 Å². The molecule has 162 valence electrons. The van der Waals surface area contributed by atoms with Gasteiger partial charge in [-0.05, 0) is 50.6 Å². The Kier molecular flexibility index (Phi) is 6.47. The number of pyridine rings is 1. The number of hydrogen-bond acceptors (Lipinski definition) is 6. The summed E-state index contributed by atoms with van der Waals surface area (Å²) in [5.74, 6) is 3.14. The third-order valence-corrected chi connectivity index (χ3v) is 6.01. The van der Waals surface area contributed by atoms with Crippen molar-refractivity contribution < 1.29 is 4.74 Å². The number of nitrogens with zero attached hydrogens (tertiary/aromatic N) is 5. The molecule has 4 rings (SSSR count). The van der Waals surface area contributed by atoms with Crippen molar-refractivity contribution in [1.29, 1.82) is 0 Å². The van der Waals surface area contributed by atoms with E-state index in [-0.39, 0.29) is 0 Å². The standard InChI is InChI=1S/C25H31N5O/c1-18-7-5-8-21(24(18)31-4)17-30-13-10-19(11-14-30)22-15-23(29(2)3)28-25(27-22)20-9-6-12-26-16-20/h5-9,12,15-16,19H,10-11,13-14,17H2,1-4H3. The van der Waals surface area contributed by atoms with Gasteiger partial charge in [-0.25, -0.2) is 9.97 Å². The smallest absolute Gasteiger partial charge is 0.163 e. The van der Waals surface area contributed by atoms with E-state index in [9.17, 15) is 0 Å². The summed E-state index contributed by atoms with van der Waals surface area (Å²) in [7, 11) is 5.81. The Morgan fingerprint density at radius 1 is 1.10 bits per heavy atom. The molecule has 1 aliphatic rings. The molecular formula is C25H31N5O. The van der Waals surface area contributed by atoms with Gasteiger partial charge in [0.15, 0.2) is 5.82 Å². The summed E-state index contributed by atoms with van der Waals surface area (Å²) >= 11 is 0. The van der Waals surface area contributed by atoms with Gasteiger partial charge in [-0.1, -0.05) is 18.2 Å². The molecule has 1 aliphatic heterocycles. The summed E-state index contributed by atoms with van der Waals surface area (Å²) in [6.45, 7) is 5.12. The van der Waals surface area contributed by atoms with Crippen molar-refractivity contribution in [2.45, 2.75) is 32.2 Å². The number of likely N-dealkylation sites (tertiary alicyclic amines) is 1. The van der Waals surface area contributed by atoms with Gasteiger partial charge in [0.05, 0.1) is 7.11 Å². The molecule has 0 amide bonds. The van der Waals surface area contributed by atoms with Crippen molar-refractivity contribution in [2.24, 2.45) is 0 Å². The maximum absolute atomic E-state index is 5.65. The van der Waals surface area contributed by atoms with Gasteiger partial charge in [-0.15, -0.1) is 0 Å². The van der Waals surface area contributed by atoms with Crippen molar-refractivity contribution in [1.82, 2.24) is 19.9 Å². The predicted molar refractivity (Wildman–Crippen MR) is 125 cm³/mol. The zero-order chi connectivity index (χ0) is 21.8. The van der Waals surface area contributed by atoms with Crippen LogP contribution in [0.4, 0.5) is 5.82 Å². The molecule has 1 fully saturated rings. The first-order valence-corrected chi connectivity index (χ1v) is 10.9. The van der Waals surface area contributed by atoms with Gasteiger partial charge in [-0.3, -0.25) is 9.88 Å². The Balaban J connectivity index is 1.50. The van der Waals surface area contributed by atoms with Crippen LogP contribution in [0.25, 0.3) is 11.4 Å². The van der Waals surface area contributed by atoms with Gasteiger partial charge in [0.25, 0.3) is 0 Å². The van der Waals surface area contributed by atoms with Crippen LogP contribution in [0.1, 0.15) is 35.6 Å². The van der Waals surface area contributed by atoms with Crippen LogP contribution in [-0.2, 0) is 6.54 Å². The number of benzene rings is 1. The summed E-state index contributed by atoms with van der Waals surface area (Å²) in [6.07, 6.45) is 5.78. The van der Waals surface area contributed by atoms with E-state index in [2.05, 4.69) is 41.1 Å². The molecule has 0 saturated carbocycles. The second-order valence-electron chi connectivity index (χ2n) is 8.43. The largest absolute Gasteiger partial charge is 0.496 e.